The number of thioether (sulfide) groups is 1. The van der Waals surface area contributed by atoms with E-state index in [1.54, 1.807) is 0 Å². The van der Waals surface area contributed by atoms with Crippen molar-refractivity contribution in [2.45, 2.75) is 32.2 Å². The number of nitrogens with one attached hydrogen (secondary N) is 1. The first-order valence-corrected chi connectivity index (χ1v) is 8.74. The molecule has 0 spiro atoms. The molecule has 1 heterocycles. The lowest BCUT2D eigenvalue weighted by atomic mass is 10.0. The zero-order valence-corrected chi connectivity index (χ0v) is 13.4. The highest BCUT2D eigenvalue weighted by Gasteiger charge is 2.14. The first-order valence-electron chi connectivity index (χ1n) is 6.79. The minimum Gasteiger partial charge on any atom is -0.314 e. The van der Waals surface area contributed by atoms with E-state index < -0.39 is 0 Å². The van der Waals surface area contributed by atoms with Crippen molar-refractivity contribution in [1.29, 1.82) is 0 Å². The van der Waals surface area contributed by atoms with Crippen molar-refractivity contribution in [3.63, 3.8) is 0 Å². The highest BCUT2D eigenvalue weighted by molar-refractivity contribution is 9.10. The third-order valence-corrected chi connectivity index (χ3v) is 5.13. The van der Waals surface area contributed by atoms with E-state index in [-0.39, 0.29) is 0 Å². The Kier molecular flexibility index (Phi) is 6.06. The molecule has 1 unspecified atom stereocenters. The molecule has 1 fully saturated rings. The van der Waals surface area contributed by atoms with Gasteiger partial charge in [0.1, 0.15) is 0 Å². The van der Waals surface area contributed by atoms with Crippen LogP contribution < -0.4 is 5.32 Å². The van der Waals surface area contributed by atoms with Crippen LogP contribution in [-0.2, 0) is 6.42 Å². The summed E-state index contributed by atoms with van der Waals surface area (Å²) in [5.74, 6) is 3.61. The zero-order valence-electron chi connectivity index (χ0n) is 11.0. The molecule has 1 nitrogen and oxygen atoms in total. The monoisotopic (exact) mass is 327 g/mol. The van der Waals surface area contributed by atoms with Crippen molar-refractivity contribution in [1.82, 2.24) is 5.32 Å². The average Bonchev–Trinajstić information content (AvgIpc) is 2.40. The van der Waals surface area contributed by atoms with Gasteiger partial charge in [-0.1, -0.05) is 28.1 Å². The maximum atomic E-state index is 3.69. The number of rotatable bonds is 5. The van der Waals surface area contributed by atoms with E-state index in [1.807, 2.05) is 0 Å². The molecule has 100 valence electrons. The van der Waals surface area contributed by atoms with E-state index in [4.69, 9.17) is 0 Å². The van der Waals surface area contributed by atoms with E-state index in [0.717, 1.165) is 16.8 Å². The Labute approximate surface area is 123 Å². The van der Waals surface area contributed by atoms with Crippen LogP contribution in [0.4, 0.5) is 0 Å². The highest BCUT2D eigenvalue weighted by Crippen LogP contribution is 2.22. The normalized spacial score (nSPS) is 18.8. The summed E-state index contributed by atoms with van der Waals surface area (Å²) in [5.41, 5.74) is 1.41. The summed E-state index contributed by atoms with van der Waals surface area (Å²) in [7, 11) is 0. The molecule has 2 rings (SSSR count). The van der Waals surface area contributed by atoms with Crippen LogP contribution in [-0.4, -0.2) is 24.1 Å². The summed E-state index contributed by atoms with van der Waals surface area (Å²) < 4.78 is 1.16. The van der Waals surface area contributed by atoms with Crippen LogP contribution in [0.15, 0.2) is 28.7 Å². The second-order valence-electron chi connectivity index (χ2n) is 5.20. The molecule has 1 aromatic rings. The van der Waals surface area contributed by atoms with E-state index in [1.165, 1.54) is 36.5 Å². The lowest BCUT2D eigenvalue weighted by Gasteiger charge is -2.24. The van der Waals surface area contributed by atoms with Gasteiger partial charge in [0.15, 0.2) is 0 Å². The van der Waals surface area contributed by atoms with E-state index >= 15 is 0 Å². The summed E-state index contributed by atoms with van der Waals surface area (Å²) in [4.78, 5) is 0. The second kappa shape index (κ2) is 7.56. The molecule has 0 saturated carbocycles. The Bertz CT molecular complexity index is 346. The third-order valence-electron chi connectivity index (χ3n) is 3.55. The van der Waals surface area contributed by atoms with Gasteiger partial charge in [-0.15, -0.1) is 0 Å². The van der Waals surface area contributed by atoms with Crippen molar-refractivity contribution in [2.75, 3.05) is 18.1 Å². The lowest BCUT2D eigenvalue weighted by Crippen LogP contribution is -2.34. The second-order valence-corrected chi connectivity index (χ2v) is 7.34. The van der Waals surface area contributed by atoms with Crippen molar-refractivity contribution >= 4 is 27.7 Å². The minimum atomic E-state index is 0.570. The molecule has 1 aliphatic rings. The Morgan fingerprint density at radius 2 is 1.94 bits per heavy atom. The fourth-order valence-corrected chi connectivity index (χ4v) is 3.83. The Balaban J connectivity index is 1.71. The fourth-order valence-electron chi connectivity index (χ4n) is 2.36. The molecular weight excluding hydrogens is 306 g/mol. The first-order chi connectivity index (χ1) is 8.74. The summed E-state index contributed by atoms with van der Waals surface area (Å²) in [6.45, 7) is 3.48. The van der Waals surface area contributed by atoms with Crippen molar-refractivity contribution in [3.05, 3.63) is 34.3 Å². The lowest BCUT2D eigenvalue weighted by molar-refractivity contribution is 0.415. The van der Waals surface area contributed by atoms with Crippen LogP contribution in [0.1, 0.15) is 25.3 Å². The van der Waals surface area contributed by atoms with Gasteiger partial charge in [-0.2, -0.15) is 11.8 Å². The molecule has 1 atom stereocenters. The summed E-state index contributed by atoms with van der Waals surface area (Å²) in [6.07, 6.45) is 3.90. The average molecular weight is 328 g/mol. The maximum Gasteiger partial charge on any atom is 0.0175 e. The molecule has 1 N–H and O–H groups in total. The number of hydrogen-bond acceptors (Lipinski definition) is 2. The molecule has 0 aromatic heterocycles. The van der Waals surface area contributed by atoms with Crippen molar-refractivity contribution in [3.8, 4) is 0 Å². The number of hydrogen-bond donors (Lipinski definition) is 1. The van der Waals surface area contributed by atoms with Gasteiger partial charge >= 0.3 is 0 Å². The highest BCUT2D eigenvalue weighted by atomic mass is 79.9. The van der Waals surface area contributed by atoms with Crippen LogP contribution in [0.5, 0.6) is 0 Å². The molecule has 1 aliphatic heterocycles. The summed E-state index contributed by atoms with van der Waals surface area (Å²) in [5, 5.41) is 3.69. The predicted molar refractivity (Wildman–Crippen MR) is 85.4 cm³/mol. The van der Waals surface area contributed by atoms with Crippen molar-refractivity contribution in [2.24, 2.45) is 5.92 Å². The molecule has 3 heteroatoms. The van der Waals surface area contributed by atoms with Gasteiger partial charge < -0.3 is 5.32 Å². The van der Waals surface area contributed by atoms with Crippen LogP contribution in [0, 0.1) is 5.92 Å². The Hall–Kier alpha value is 0.01000. The first kappa shape index (κ1) is 14.4. The third kappa shape index (κ3) is 4.94. The van der Waals surface area contributed by atoms with Gasteiger partial charge in [0.25, 0.3) is 0 Å². The molecule has 1 aromatic carbocycles. The molecule has 0 bridgehead atoms. The topological polar surface area (TPSA) is 12.0 Å². The smallest absolute Gasteiger partial charge is 0.0175 e. The van der Waals surface area contributed by atoms with Crippen LogP contribution >= 0.6 is 27.7 Å². The molecule has 0 aliphatic carbocycles. The Morgan fingerprint density at radius 1 is 1.28 bits per heavy atom. The van der Waals surface area contributed by atoms with Gasteiger partial charge in [-0.3, -0.25) is 0 Å². The zero-order chi connectivity index (χ0) is 12.8. The van der Waals surface area contributed by atoms with Gasteiger partial charge in [0, 0.05) is 10.5 Å². The largest absolute Gasteiger partial charge is 0.314 e. The summed E-state index contributed by atoms with van der Waals surface area (Å²) >= 11 is 5.58. The fraction of sp³-hybridized carbons (Fsp3) is 0.600. The quantitative estimate of drug-likeness (QED) is 0.873. The van der Waals surface area contributed by atoms with Gasteiger partial charge in [0.2, 0.25) is 0 Å². The van der Waals surface area contributed by atoms with E-state index in [0.29, 0.717) is 6.04 Å². The molecule has 0 radical (unpaired) electrons. The van der Waals surface area contributed by atoms with Gasteiger partial charge in [0.05, 0.1) is 0 Å². The van der Waals surface area contributed by atoms with Crippen LogP contribution in [0.3, 0.4) is 0 Å². The molecule has 1 saturated heterocycles. The predicted octanol–water partition coefficient (Wildman–Crippen LogP) is 4.11. The van der Waals surface area contributed by atoms with Gasteiger partial charge in [-0.05, 0) is 67.9 Å². The molecule has 18 heavy (non-hydrogen) atoms. The Morgan fingerprint density at radius 3 is 2.61 bits per heavy atom. The molecular formula is C15H22BrNS. The minimum absolute atomic E-state index is 0.570. The number of halogens is 1. The van der Waals surface area contributed by atoms with E-state index in [2.05, 4.69) is 64.2 Å². The van der Waals surface area contributed by atoms with Crippen molar-refractivity contribution < 1.29 is 0 Å². The maximum absolute atomic E-state index is 3.69. The van der Waals surface area contributed by atoms with Crippen LogP contribution in [0.25, 0.3) is 0 Å². The molecule has 0 amide bonds. The number of benzene rings is 1. The van der Waals surface area contributed by atoms with E-state index in [9.17, 15) is 0 Å². The SMILES string of the molecule is CC(Cc1ccc(Br)cc1)NCC1CCSCC1. The standard InChI is InChI=1S/C15H22BrNS/c1-12(10-13-2-4-15(16)5-3-13)17-11-14-6-8-18-9-7-14/h2-5,12,14,17H,6-11H2,1H3. The van der Waals surface area contributed by atoms with Crippen LogP contribution in [0.2, 0.25) is 0 Å². The summed E-state index contributed by atoms with van der Waals surface area (Å²) in [6, 6.07) is 9.24. The van der Waals surface area contributed by atoms with Gasteiger partial charge in [-0.25, -0.2) is 0 Å².